The van der Waals surface area contributed by atoms with Gasteiger partial charge in [0, 0.05) is 33.5 Å². The van der Waals surface area contributed by atoms with Gasteiger partial charge in [0.2, 0.25) is 0 Å². The van der Waals surface area contributed by atoms with Crippen LogP contribution in [0.3, 0.4) is 0 Å². The molecule has 0 N–H and O–H groups in total. The number of fused-ring (bicyclic) bond motifs is 5. The van der Waals surface area contributed by atoms with Crippen LogP contribution in [0.25, 0.3) is 82.8 Å². The Morgan fingerprint density at radius 3 is 1.42 bits per heavy atom. The molecule has 2 heteroatoms. The number of nitrogens with zero attached hydrogens (tertiary/aromatic N) is 2. The molecule has 0 saturated heterocycles. The van der Waals surface area contributed by atoms with Crippen molar-refractivity contribution in [3.8, 4) is 50.2 Å². The second-order valence-electron chi connectivity index (χ2n) is 15.4. The van der Waals surface area contributed by atoms with Crippen LogP contribution in [0.15, 0.2) is 243 Å². The van der Waals surface area contributed by atoms with Crippen molar-refractivity contribution in [3.63, 3.8) is 0 Å². The van der Waals surface area contributed by atoms with Gasteiger partial charge in [-0.1, -0.05) is 176 Å². The van der Waals surface area contributed by atoms with Gasteiger partial charge in [0.05, 0.1) is 11.0 Å². The lowest BCUT2D eigenvalue weighted by Crippen LogP contribution is -2.10. The quantitative estimate of drug-likeness (QED) is 0.150. The molecule has 0 aliphatic rings. The number of aromatic nitrogens is 1. The maximum Gasteiger partial charge on any atom is 0.0547 e. The van der Waals surface area contributed by atoms with Crippen molar-refractivity contribution in [1.29, 1.82) is 0 Å². The number of anilines is 3. The SMILES string of the molecule is c1ccc(-c2cccc(N(c3cc(-c4ccccc4)cc(-c4ccccc4)c3)c3cccc(-c4cccc5c4c4c6ccccc6ccc4n5-c4ccccc4)c3)c2)cc1. The smallest absolute Gasteiger partial charge is 0.0547 e. The lowest BCUT2D eigenvalue weighted by atomic mass is 9.95. The maximum absolute atomic E-state index is 2.43. The highest BCUT2D eigenvalue weighted by molar-refractivity contribution is 6.25. The summed E-state index contributed by atoms with van der Waals surface area (Å²) in [7, 11) is 0. The Bertz CT molecular complexity index is 3240. The van der Waals surface area contributed by atoms with Crippen LogP contribution >= 0.6 is 0 Å². The summed E-state index contributed by atoms with van der Waals surface area (Å²) >= 11 is 0. The lowest BCUT2D eigenvalue weighted by Gasteiger charge is -2.28. The fourth-order valence-corrected chi connectivity index (χ4v) is 8.97. The Morgan fingerprint density at radius 2 is 0.767 bits per heavy atom. The summed E-state index contributed by atoms with van der Waals surface area (Å²) < 4.78 is 2.42. The van der Waals surface area contributed by atoms with Crippen LogP contribution in [0.4, 0.5) is 17.1 Å². The molecule has 60 heavy (non-hydrogen) atoms. The molecule has 0 unspecified atom stereocenters. The fourth-order valence-electron chi connectivity index (χ4n) is 8.97. The first-order valence-electron chi connectivity index (χ1n) is 20.6. The molecule has 0 radical (unpaired) electrons. The topological polar surface area (TPSA) is 8.17 Å². The normalized spacial score (nSPS) is 11.3. The standard InChI is InChI=1S/C58H40N2/c1-5-18-41(19-6-1)45-25-15-29-50(37-45)59(52-39-47(42-20-7-2-8-21-42)36-48(40-52)43-22-9-3-10-23-43)51-30-16-26-46(38-51)54-32-17-33-55-58(54)57-53-31-14-13-24-44(53)34-35-56(57)60(55)49-27-11-4-12-28-49/h1-40H. The van der Waals surface area contributed by atoms with Gasteiger partial charge in [-0.25, -0.2) is 0 Å². The molecule has 0 fully saturated rings. The molecule has 1 aromatic heterocycles. The van der Waals surface area contributed by atoms with E-state index in [1.54, 1.807) is 0 Å². The molecular formula is C58H40N2. The van der Waals surface area contributed by atoms with Gasteiger partial charge in [-0.2, -0.15) is 0 Å². The molecule has 0 aliphatic carbocycles. The summed E-state index contributed by atoms with van der Waals surface area (Å²) in [6.07, 6.45) is 0. The first kappa shape index (κ1) is 35.2. The zero-order valence-corrected chi connectivity index (χ0v) is 33.0. The Hall–Kier alpha value is -7.94. The highest BCUT2D eigenvalue weighted by Gasteiger charge is 2.21. The molecule has 2 nitrogen and oxygen atoms in total. The molecule has 11 rings (SSSR count). The predicted molar refractivity (Wildman–Crippen MR) is 255 cm³/mol. The number of benzene rings is 10. The molecule has 0 aliphatic heterocycles. The van der Waals surface area contributed by atoms with Gasteiger partial charge >= 0.3 is 0 Å². The van der Waals surface area contributed by atoms with Crippen molar-refractivity contribution in [3.05, 3.63) is 243 Å². The zero-order chi connectivity index (χ0) is 39.8. The Labute approximate surface area is 350 Å². The average molecular weight is 765 g/mol. The number of hydrogen-bond donors (Lipinski definition) is 0. The summed E-state index contributed by atoms with van der Waals surface area (Å²) in [4.78, 5) is 2.43. The summed E-state index contributed by atoms with van der Waals surface area (Å²) in [5.41, 5.74) is 16.2. The van der Waals surface area contributed by atoms with Gasteiger partial charge in [-0.05, 0) is 122 Å². The molecule has 0 spiro atoms. The van der Waals surface area contributed by atoms with Crippen molar-refractivity contribution in [1.82, 2.24) is 4.57 Å². The number of hydrogen-bond acceptors (Lipinski definition) is 1. The number of para-hydroxylation sites is 1. The lowest BCUT2D eigenvalue weighted by molar-refractivity contribution is 1.18. The second-order valence-corrected chi connectivity index (χ2v) is 15.4. The third kappa shape index (κ3) is 6.32. The molecule has 11 aromatic rings. The minimum Gasteiger partial charge on any atom is -0.310 e. The summed E-state index contributed by atoms with van der Waals surface area (Å²) in [6, 6.07) is 88.0. The molecule has 0 bridgehead atoms. The van der Waals surface area contributed by atoms with Crippen LogP contribution < -0.4 is 4.90 Å². The van der Waals surface area contributed by atoms with Crippen molar-refractivity contribution in [2.75, 3.05) is 4.90 Å². The minimum atomic E-state index is 1.08. The van der Waals surface area contributed by atoms with E-state index in [9.17, 15) is 0 Å². The van der Waals surface area contributed by atoms with Crippen molar-refractivity contribution < 1.29 is 0 Å². The van der Waals surface area contributed by atoms with E-state index in [1.807, 2.05) is 0 Å². The van der Waals surface area contributed by atoms with Gasteiger partial charge in [0.25, 0.3) is 0 Å². The molecule has 0 amide bonds. The average Bonchev–Trinajstić information content (AvgIpc) is 3.68. The van der Waals surface area contributed by atoms with Crippen LogP contribution in [-0.2, 0) is 0 Å². The Balaban J connectivity index is 1.17. The minimum absolute atomic E-state index is 1.08. The van der Waals surface area contributed by atoms with Crippen LogP contribution in [0.5, 0.6) is 0 Å². The maximum atomic E-state index is 2.43. The molecule has 0 saturated carbocycles. The van der Waals surface area contributed by atoms with Crippen molar-refractivity contribution in [2.24, 2.45) is 0 Å². The van der Waals surface area contributed by atoms with Gasteiger partial charge in [0.15, 0.2) is 0 Å². The van der Waals surface area contributed by atoms with E-state index < -0.39 is 0 Å². The Morgan fingerprint density at radius 1 is 0.283 bits per heavy atom. The monoisotopic (exact) mass is 764 g/mol. The van der Waals surface area contributed by atoms with Crippen LogP contribution in [0.1, 0.15) is 0 Å². The van der Waals surface area contributed by atoms with E-state index in [1.165, 1.54) is 60.4 Å². The summed E-state index contributed by atoms with van der Waals surface area (Å²) in [6.45, 7) is 0. The summed E-state index contributed by atoms with van der Waals surface area (Å²) in [5.74, 6) is 0. The first-order valence-corrected chi connectivity index (χ1v) is 20.6. The molecule has 10 aromatic carbocycles. The van der Waals surface area contributed by atoms with Crippen LogP contribution in [0.2, 0.25) is 0 Å². The summed E-state index contributed by atoms with van der Waals surface area (Å²) in [5, 5.41) is 5.00. The highest BCUT2D eigenvalue weighted by Crippen LogP contribution is 2.45. The molecule has 0 atom stereocenters. The second kappa shape index (κ2) is 15.1. The van der Waals surface area contributed by atoms with Gasteiger partial charge in [-0.15, -0.1) is 0 Å². The molecule has 282 valence electrons. The number of rotatable bonds is 8. The van der Waals surface area contributed by atoms with E-state index in [-0.39, 0.29) is 0 Å². The third-order valence-corrected chi connectivity index (χ3v) is 11.7. The fraction of sp³-hybridized carbons (Fsp3) is 0. The van der Waals surface area contributed by atoms with Gasteiger partial charge < -0.3 is 9.47 Å². The third-order valence-electron chi connectivity index (χ3n) is 11.7. The predicted octanol–water partition coefficient (Wildman–Crippen LogP) is 16.1. The van der Waals surface area contributed by atoms with Gasteiger partial charge in [0.1, 0.15) is 0 Å². The van der Waals surface area contributed by atoms with E-state index in [0.717, 1.165) is 39.4 Å². The van der Waals surface area contributed by atoms with Crippen molar-refractivity contribution in [2.45, 2.75) is 0 Å². The largest absolute Gasteiger partial charge is 0.310 e. The van der Waals surface area contributed by atoms with E-state index in [2.05, 4.69) is 252 Å². The van der Waals surface area contributed by atoms with Crippen molar-refractivity contribution >= 4 is 49.6 Å². The van der Waals surface area contributed by atoms with E-state index >= 15 is 0 Å². The first-order chi connectivity index (χ1) is 29.8. The zero-order valence-electron chi connectivity index (χ0n) is 33.0. The molecule has 1 heterocycles. The Kier molecular flexibility index (Phi) is 8.87. The van der Waals surface area contributed by atoms with Crippen LogP contribution in [0, 0.1) is 0 Å². The van der Waals surface area contributed by atoms with E-state index in [0.29, 0.717) is 0 Å². The molecular weight excluding hydrogens is 725 g/mol. The van der Waals surface area contributed by atoms with E-state index in [4.69, 9.17) is 0 Å². The van der Waals surface area contributed by atoms with Crippen LogP contribution in [-0.4, -0.2) is 4.57 Å². The highest BCUT2D eigenvalue weighted by atomic mass is 15.1. The van der Waals surface area contributed by atoms with Gasteiger partial charge in [-0.3, -0.25) is 0 Å².